The normalized spacial score (nSPS) is 10.0. The maximum Gasteiger partial charge on any atom is 0.337 e. The average Bonchev–Trinajstić information content (AvgIpc) is 2.77. The third-order valence-electron chi connectivity index (χ3n) is 1.96. The molecule has 0 fully saturated rings. The average molecular weight is 217 g/mol. The van der Waals surface area contributed by atoms with E-state index >= 15 is 0 Å². The van der Waals surface area contributed by atoms with E-state index in [1.807, 2.05) is 0 Å². The van der Waals surface area contributed by atoms with Gasteiger partial charge in [-0.2, -0.15) is 5.10 Å². The highest BCUT2D eigenvalue weighted by atomic mass is 16.4. The Bertz CT molecular complexity index is 530. The monoisotopic (exact) mass is 217 g/mol. The number of hydrogen-bond acceptors (Lipinski definition) is 4. The third kappa shape index (κ3) is 1.81. The van der Waals surface area contributed by atoms with E-state index in [4.69, 9.17) is 5.11 Å². The van der Waals surface area contributed by atoms with Crippen LogP contribution in [-0.2, 0) is 0 Å². The van der Waals surface area contributed by atoms with Crippen molar-refractivity contribution < 1.29 is 14.7 Å². The summed E-state index contributed by atoms with van der Waals surface area (Å²) in [7, 11) is 0. The molecular weight excluding hydrogens is 210 g/mol. The summed E-state index contributed by atoms with van der Waals surface area (Å²) in [6.07, 6.45) is 3.44. The van der Waals surface area contributed by atoms with Crippen LogP contribution in [0.2, 0.25) is 0 Å². The first-order valence-corrected chi connectivity index (χ1v) is 4.41. The Morgan fingerprint density at radius 1 is 1.38 bits per heavy atom. The van der Waals surface area contributed by atoms with Gasteiger partial charge in [0.25, 0.3) is 0 Å². The van der Waals surface area contributed by atoms with Crippen molar-refractivity contribution in [2.45, 2.75) is 0 Å². The maximum absolute atomic E-state index is 10.6. The van der Waals surface area contributed by atoms with Crippen LogP contribution in [0.3, 0.4) is 0 Å². The molecule has 0 aliphatic rings. The minimum Gasteiger partial charge on any atom is -0.478 e. The number of aromatic nitrogens is 3. The zero-order valence-corrected chi connectivity index (χ0v) is 8.07. The van der Waals surface area contributed by atoms with E-state index < -0.39 is 5.97 Å². The number of aromatic carboxylic acids is 1. The molecule has 0 aliphatic heterocycles. The lowest BCUT2D eigenvalue weighted by Crippen LogP contribution is -2.02. The Hall–Kier alpha value is -2.50. The van der Waals surface area contributed by atoms with Crippen molar-refractivity contribution in [2.75, 3.05) is 0 Å². The quantitative estimate of drug-likeness (QED) is 0.768. The third-order valence-corrected chi connectivity index (χ3v) is 1.96. The largest absolute Gasteiger partial charge is 0.478 e. The molecule has 0 radical (unpaired) electrons. The number of pyridine rings is 1. The van der Waals surface area contributed by atoms with Crippen molar-refractivity contribution >= 4 is 12.3 Å². The molecule has 0 aromatic carbocycles. The van der Waals surface area contributed by atoms with Gasteiger partial charge in [-0.15, -0.1) is 0 Å². The highest BCUT2D eigenvalue weighted by Gasteiger charge is 2.05. The fourth-order valence-corrected chi connectivity index (χ4v) is 1.18. The van der Waals surface area contributed by atoms with E-state index in [2.05, 4.69) is 10.1 Å². The molecule has 0 bridgehead atoms. The number of carbonyl (C=O) groups is 2. The van der Waals surface area contributed by atoms with Crippen molar-refractivity contribution in [1.29, 1.82) is 0 Å². The van der Waals surface area contributed by atoms with Crippen molar-refractivity contribution in [2.24, 2.45) is 0 Å². The van der Waals surface area contributed by atoms with E-state index in [0.29, 0.717) is 17.8 Å². The second-order valence-electron chi connectivity index (χ2n) is 3.01. The second kappa shape index (κ2) is 3.93. The highest BCUT2D eigenvalue weighted by Crippen LogP contribution is 2.05. The van der Waals surface area contributed by atoms with Gasteiger partial charge in [0.15, 0.2) is 12.1 Å². The number of carboxylic acids is 1. The fourth-order valence-electron chi connectivity index (χ4n) is 1.18. The first kappa shape index (κ1) is 10.0. The number of nitrogens with zero attached hydrogens (tertiary/aromatic N) is 3. The van der Waals surface area contributed by atoms with Gasteiger partial charge in [0.1, 0.15) is 5.69 Å². The molecule has 1 N–H and O–H groups in total. The molecule has 6 nitrogen and oxygen atoms in total. The van der Waals surface area contributed by atoms with Crippen LogP contribution in [0.5, 0.6) is 0 Å². The second-order valence-corrected chi connectivity index (χ2v) is 3.01. The molecule has 0 atom stereocenters. The van der Waals surface area contributed by atoms with Gasteiger partial charge in [-0.05, 0) is 18.2 Å². The van der Waals surface area contributed by atoms with Gasteiger partial charge < -0.3 is 5.11 Å². The first-order chi connectivity index (χ1) is 7.70. The Morgan fingerprint density at radius 2 is 2.19 bits per heavy atom. The lowest BCUT2D eigenvalue weighted by Gasteiger charge is -1.99. The Balaban J connectivity index is 2.34. The Kier molecular flexibility index (Phi) is 2.47. The maximum atomic E-state index is 10.6. The van der Waals surface area contributed by atoms with Crippen LogP contribution < -0.4 is 0 Å². The topological polar surface area (TPSA) is 85.1 Å². The molecule has 16 heavy (non-hydrogen) atoms. The fraction of sp³-hybridized carbons (Fsp3) is 0. The first-order valence-electron chi connectivity index (χ1n) is 4.41. The minimum absolute atomic E-state index is 0.103. The van der Waals surface area contributed by atoms with Crippen LogP contribution >= 0.6 is 0 Å². The summed E-state index contributed by atoms with van der Waals surface area (Å²) in [6.45, 7) is 0. The summed E-state index contributed by atoms with van der Waals surface area (Å²) in [5.41, 5.74) is 0.399. The van der Waals surface area contributed by atoms with Gasteiger partial charge in [0, 0.05) is 12.4 Å². The molecule has 0 unspecified atom stereocenters. The van der Waals surface area contributed by atoms with Crippen LogP contribution in [0.4, 0.5) is 0 Å². The van der Waals surface area contributed by atoms with Crippen LogP contribution in [0, 0.1) is 0 Å². The molecule has 2 rings (SSSR count). The van der Waals surface area contributed by atoms with Gasteiger partial charge in [-0.1, -0.05) is 0 Å². The Labute approximate surface area is 90.2 Å². The van der Waals surface area contributed by atoms with Crippen LogP contribution in [-0.4, -0.2) is 32.1 Å². The zero-order chi connectivity index (χ0) is 11.5. The molecule has 2 aromatic heterocycles. The van der Waals surface area contributed by atoms with Gasteiger partial charge in [0.2, 0.25) is 0 Å². The van der Waals surface area contributed by atoms with Crippen molar-refractivity contribution in [3.8, 4) is 5.82 Å². The SMILES string of the molecule is O=Cc1ccn(-c2ccc(C(=O)O)cn2)n1. The van der Waals surface area contributed by atoms with E-state index in [9.17, 15) is 9.59 Å². The van der Waals surface area contributed by atoms with Crippen LogP contribution in [0.15, 0.2) is 30.6 Å². The molecule has 0 saturated heterocycles. The lowest BCUT2D eigenvalue weighted by atomic mass is 10.3. The standard InChI is InChI=1S/C10H7N3O3/c14-6-8-3-4-13(12-8)9-2-1-7(5-11-9)10(15)16/h1-6H,(H,15,16). The molecule has 0 aliphatic carbocycles. The molecule has 2 heterocycles. The highest BCUT2D eigenvalue weighted by molar-refractivity contribution is 5.87. The van der Waals surface area contributed by atoms with E-state index in [1.54, 1.807) is 12.3 Å². The van der Waals surface area contributed by atoms with Crippen molar-refractivity contribution in [3.05, 3.63) is 41.9 Å². The van der Waals surface area contributed by atoms with Gasteiger partial charge in [-0.3, -0.25) is 4.79 Å². The molecule has 6 heteroatoms. The number of carbonyl (C=O) groups excluding carboxylic acids is 1. The van der Waals surface area contributed by atoms with Gasteiger partial charge in [0.05, 0.1) is 5.56 Å². The van der Waals surface area contributed by atoms with E-state index in [0.717, 1.165) is 0 Å². The molecule has 0 saturated carbocycles. The van der Waals surface area contributed by atoms with Crippen LogP contribution in [0.1, 0.15) is 20.8 Å². The zero-order valence-electron chi connectivity index (χ0n) is 8.07. The molecule has 0 amide bonds. The summed E-state index contributed by atoms with van der Waals surface area (Å²) in [6, 6.07) is 4.48. The summed E-state index contributed by atoms with van der Waals surface area (Å²) < 4.78 is 1.40. The predicted molar refractivity (Wildman–Crippen MR) is 53.7 cm³/mol. The molecular formula is C10H7N3O3. The predicted octanol–water partition coefficient (Wildman–Crippen LogP) is 0.778. The minimum atomic E-state index is -1.03. The van der Waals surface area contributed by atoms with Gasteiger partial charge in [-0.25, -0.2) is 14.5 Å². The lowest BCUT2D eigenvalue weighted by molar-refractivity contribution is 0.0696. The summed E-state index contributed by atoms with van der Waals surface area (Å²) in [5.74, 6) is -0.578. The molecule has 2 aromatic rings. The molecule has 0 spiro atoms. The van der Waals surface area contributed by atoms with Crippen molar-refractivity contribution in [3.63, 3.8) is 0 Å². The smallest absolute Gasteiger partial charge is 0.337 e. The number of aldehydes is 1. The van der Waals surface area contributed by atoms with Crippen LogP contribution in [0.25, 0.3) is 5.82 Å². The van der Waals surface area contributed by atoms with E-state index in [-0.39, 0.29) is 5.56 Å². The van der Waals surface area contributed by atoms with Crippen molar-refractivity contribution in [1.82, 2.24) is 14.8 Å². The summed E-state index contributed by atoms with van der Waals surface area (Å²) in [4.78, 5) is 24.9. The number of rotatable bonds is 3. The summed E-state index contributed by atoms with van der Waals surface area (Å²) in [5, 5.41) is 12.6. The number of hydrogen-bond donors (Lipinski definition) is 1. The van der Waals surface area contributed by atoms with E-state index in [1.165, 1.54) is 23.0 Å². The number of carboxylic acid groups (broad SMARTS) is 1. The summed E-state index contributed by atoms with van der Waals surface area (Å²) >= 11 is 0. The van der Waals surface area contributed by atoms with Gasteiger partial charge >= 0.3 is 5.97 Å². The molecule has 80 valence electrons. The Morgan fingerprint density at radius 3 is 2.69 bits per heavy atom.